The lowest BCUT2D eigenvalue weighted by Crippen LogP contribution is -2.63. The van der Waals surface area contributed by atoms with Gasteiger partial charge in [0.05, 0.1) is 12.2 Å². The maximum absolute atomic E-state index is 12.5. The Balaban J connectivity index is 1.73. The van der Waals surface area contributed by atoms with E-state index in [1.54, 1.807) is 0 Å². The first-order chi connectivity index (χ1) is 12.1. The average molecular weight is 365 g/mol. The summed E-state index contributed by atoms with van der Waals surface area (Å²) >= 11 is 0. The van der Waals surface area contributed by atoms with Gasteiger partial charge in [-0.15, -0.1) is 0 Å². The van der Waals surface area contributed by atoms with Crippen molar-refractivity contribution in [2.75, 3.05) is 0 Å². The van der Waals surface area contributed by atoms with Gasteiger partial charge in [-0.05, 0) is 86.9 Å². The van der Waals surface area contributed by atoms with Crippen LogP contribution in [0.3, 0.4) is 0 Å². The molecule has 4 aliphatic rings. The SMILES string of the molecule is CC(=O)[C@@]1(O)[C@H](C)C[C@H]2[C@@H]3CC[C@@H]4C[C@@H](O)CC[C@]4(C)[C@H]3[C@H](O)C[C@@]21C. The third-order valence-electron chi connectivity index (χ3n) is 9.69. The second-order valence-electron chi connectivity index (χ2n) is 10.7. The molecule has 0 aromatic heterocycles. The standard InChI is InChI=1S/C22H36O4/c1-12-9-17-16-6-5-14-10-15(24)7-8-20(14,3)19(16)18(25)11-21(17,4)22(12,26)13(2)23/h12,14-19,24-26H,5-11H2,1-4H3/t12-,14-,15+,16+,17+,18-,19-,20+,21+,22+/m1/s1. The first-order valence-electron chi connectivity index (χ1n) is 10.6. The second-order valence-corrected chi connectivity index (χ2v) is 10.7. The van der Waals surface area contributed by atoms with Crippen LogP contribution in [0.5, 0.6) is 0 Å². The van der Waals surface area contributed by atoms with Crippen molar-refractivity contribution < 1.29 is 20.1 Å². The predicted molar refractivity (Wildman–Crippen MR) is 99.3 cm³/mol. The molecule has 4 fully saturated rings. The fourth-order valence-corrected chi connectivity index (χ4v) is 8.44. The summed E-state index contributed by atoms with van der Waals surface area (Å²) in [5, 5.41) is 32.9. The molecule has 0 heterocycles. The van der Waals surface area contributed by atoms with Gasteiger partial charge in [-0.25, -0.2) is 0 Å². The normalized spacial score (nSPS) is 59.3. The number of hydrogen-bond acceptors (Lipinski definition) is 4. The molecule has 0 amide bonds. The van der Waals surface area contributed by atoms with E-state index >= 15 is 0 Å². The molecule has 0 unspecified atom stereocenters. The fraction of sp³-hybridized carbons (Fsp3) is 0.955. The summed E-state index contributed by atoms with van der Waals surface area (Å²) in [6.45, 7) is 7.92. The summed E-state index contributed by atoms with van der Waals surface area (Å²) in [4.78, 5) is 12.5. The Labute approximate surface area is 157 Å². The van der Waals surface area contributed by atoms with Crippen LogP contribution in [0, 0.1) is 40.4 Å². The van der Waals surface area contributed by atoms with Crippen LogP contribution < -0.4 is 0 Å². The molecular formula is C22H36O4. The van der Waals surface area contributed by atoms with E-state index in [1.807, 2.05) is 6.92 Å². The van der Waals surface area contributed by atoms with Crippen LogP contribution in [-0.4, -0.2) is 38.9 Å². The van der Waals surface area contributed by atoms with Crippen LogP contribution in [0.25, 0.3) is 0 Å². The van der Waals surface area contributed by atoms with Crippen molar-refractivity contribution in [3.05, 3.63) is 0 Å². The summed E-state index contributed by atoms with van der Waals surface area (Å²) < 4.78 is 0. The minimum Gasteiger partial charge on any atom is -0.393 e. The lowest BCUT2D eigenvalue weighted by molar-refractivity contribution is -0.203. The van der Waals surface area contributed by atoms with Crippen molar-refractivity contribution in [1.82, 2.24) is 0 Å². The van der Waals surface area contributed by atoms with Crippen LogP contribution >= 0.6 is 0 Å². The van der Waals surface area contributed by atoms with Crippen molar-refractivity contribution in [1.29, 1.82) is 0 Å². The molecule has 4 heteroatoms. The highest BCUT2D eigenvalue weighted by atomic mass is 16.3. The zero-order valence-corrected chi connectivity index (χ0v) is 16.7. The molecule has 4 aliphatic carbocycles. The van der Waals surface area contributed by atoms with Gasteiger partial charge in [0.25, 0.3) is 0 Å². The molecule has 4 rings (SSSR count). The smallest absolute Gasteiger partial charge is 0.162 e. The van der Waals surface area contributed by atoms with Crippen LogP contribution in [0.1, 0.15) is 72.6 Å². The maximum Gasteiger partial charge on any atom is 0.162 e. The molecule has 10 atom stereocenters. The van der Waals surface area contributed by atoms with Crippen molar-refractivity contribution in [3.8, 4) is 0 Å². The van der Waals surface area contributed by atoms with Gasteiger partial charge >= 0.3 is 0 Å². The number of hydrogen-bond donors (Lipinski definition) is 3. The predicted octanol–water partition coefficient (Wildman–Crippen LogP) is 2.93. The first-order valence-corrected chi connectivity index (χ1v) is 10.6. The minimum absolute atomic E-state index is 0.0559. The van der Waals surface area contributed by atoms with E-state index in [1.165, 1.54) is 6.92 Å². The van der Waals surface area contributed by atoms with Crippen LogP contribution in [0.2, 0.25) is 0 Å². The molecule has 0 radical (unpaired) electrons. The number of carbonyl (C=O) groups excluding carboxylic acids is 1. The lowest BCUT2D eigenvalue weighted by Gasteiger charge is -2.62. The largest absolute Gasteiger partial charge is 0.393 e. The van der Waals surface area contributed by atoms with E-state index < -0.39 is 17.1 Å². The van der Waals surface area contributed by atoms with Crippen molar-refractivity contribution in [3.63, 3.8) is 0 Å². The van der Waals surface area contributed by atoms with Gasteiger partial charge in [0.15, 0.2) is 5.78 Å². The fourth-order valence-electron chi connectivity index (χ4n) is 8.44. The molecule has 0 aromatic carbocycles. The zero-order chi connectivity index (χ0) is 19.1. The molecule has 4 nitrogen and oxygen atoms in total. The maximum atomic E-state index is 12.5. The number of ketones is 1. The van der Waals surface area contributed by atoms with Gasteiger partial charge in [-0.3, -0.25) is 4.79 Å². The Morgan fingerprint density at radius 1 is 1.08 bits per heavy atom. The minimum atomic E-state index is -1.32. The van der Waals surface area contributed by atoms with Crippen LogP contribution in [0.4, 0.5) is 0 Å². The number of aliphatic hydroxyl groups is 3. The molecule has 148 valence electrons. The molecule has 3 N–H and O–H groups in total. The highest BCUT2D eigenvalue weighted by molar-refractivity contribution is 5.86. The first kappa shape index (κ1) is 18.9. The highest BCUT2D eigenvalue weighted by Crippen LogP contribution is 2.69. The Hall–Kier alpha value is -0.450. The third-order valence-corrected chi connectivity index (χ3v) is 9.69. The number of fused-ring (bicyclic) bond motifs is 5. The Morgan fingerprint density at radius 3 is 2.42 bits per heavy atom. The van der Waals surface area contributed by atoms with Crippen molar-refractivity contribution >= 4 is 5.78 Å². The van der Waals surface area contributed by atoms with Gasteiger partial charge < -0.3 is 15.3 Å². The summed E-state index contributed by atoms with van der Waals surface area (Å²) in [5.74, 6) is 1.19. The van der Waals surface area contributed by atoms with Gasteiger partial charge in [0.2, 0.25) is 0 Å². The van der Waals surface area contributed by atoms with E-state index in [-0.39, 0.29) is 29.1 Å². The molecule has 0 spiro atoms. The average Bonchev–Trinajstić information content (AvgIpc) is 2.76. The van der Waals surface area contributed by atoms with E-state index in [0.29, 0.717) is 24.2 Å². The van der Waals surface area contributed by atoms with Gasteiger partial charge in [-0.2, -0.15) is 0 Å². The van der Waals surface area contributed by atoms with Crippen LogP contribution in [-0.2, 0) is 4.79 Å². The summed E-state index contributed by atoms with van der Waals surface area (Å²) in [6, 6.07) is 0. The Bertz CT molecular complexity index is 605. The summed E-state index contributed by atoms with van der Waals surface area (Å²) in [7, 11) is 0. The van der Waals surface area contributed by atoms with Crippen molar-refractivity contribution in [2.24, 2.45) is 40.4 Å². The molecule has 0 aromatic rings. The number of Topliss-reactive ketones (excluding diaryl/α,β-unsaturated/α-hetero) is 1. The molecular weight excluding hydrogens is 328 g/mol. The van der Waals surface area contributed by atoms with Gasteiger partial charge in [0, 0.05) is 5.41 Å². The summed E-state index contributed by atoms with van der Waals surface area (Å²) in [5.41, 5.74) is -1.77. The highest BCUT2D eigenvalue weighted by Gasteiger charge is 2.70. The van der Waals surface area contributed by atoms with E-state index in [4.69, 9.17) is 0 Å². The molecule has 4 saturated carbocycles. The zero-order valence-electron chi connectivity index (χ0n) is 16.7. The molecule has 0 saturated heterocycles. The monoisotopic (exact) mass is 364 g/mol. The topological polar surface area (TPSA) is 77.8 Å². The number of aliphatic hydroxyl groups excluding tert-OH is 2. The van der Waals surface area contributed by atoms with Crippen molar-refractivity contribution in [2.45, 2.75) is 90.4 Å². The van der Waals surface area contributed by atoms with Gasteiger partial charge in [-0.1, -0.05) is 20.8 Å². The number of rotatable bonds is 1. The Morgan fingerprint density at radius 2 is 1.77 bits per heavy atom. The molecule has 0 bridgehead atoms. The molecule has 26 heavy (non-hydrogen) atoms. The van der Waals surface area contributed by atoms with E-state index in [0.717, 1.165) is 38.5 Å². The number of carbonyl (C=O) groups is 1. The molecule has 0 aliphatic heterocycles. The Kier molecular flexibility index (Phi) is 4.20. The van der Waals surface area contributed by atoms with Crippen LogP contribution in [0.15, 0.2) is 0 Å². The summed E-state index contributed by atoms with van der Waals surface area (Å²) in [6.07, 6.45) is 5.56. The van der Waals surface area contributed by atoms with E-state index in [2.05, 4.69) is 13.8 Å². The second kappa shape index (κ2) is 5.78. The quantitative estimate of drug-likeness (QED) is 0.668. The lowest BCUT2D eigenvalue weighted by atomic mass is 9.43. The van der Waals surface area contributed by atoms with Gasteiger partial charge in [0.1, 0.15) is 5.60 Å². The van der Waals surface area contributed by atoms with E-state index in [9.17, 15) is 20.1 Å². The third kappa shape index (κ3) is 2.15.